The summed E-state index contributed by atoms with van der Waals surface area (Å²) < 4.78 is 6.47. The molecule has 150 valence electrons. The van der Waals surface area contributed by atoms with E-state index in [9.17, 15) is 9.59 Å². The fourth-order valence-corrected chi connectivity index (χ4v) is 6.14. The van der Waals surface area contributed by atoms with Gasteiger partial charge in [-0.2, -0.15) is 0 Å². The van der Waals surface area contributed by atoms with Crippen molar-refractivity contribution >= 4 is 11.8 Å². The third-order valence-corrected chi connectivity index (χ3v) is 7.72. The van der Waals surface area contributed by atoms with E-state index in [2.05, 4.69) is 17.1 Å². The van der Waals surface area contributed by atoms with E-state index in [0.29, 0.717) is 17.2 Å². The summed E-state index contributed by atoms with van der Waals surface area (Å²) >= 11 is 0. The zero-order chi connectivity index (χ0) is 19.4. The summed E-state index contributed by atoms with van der Waals surface area (Å²) in [5.41, 5.74) is -0.178. The minimum absolute atomic E-state index is 0.0478. The molecule has 4 atom stereocenters. The van der Waals surface area contributed by atoms with Gasteiger partial charge in [-0.3, -0.25) is 9.59 Å². The molecule has 0 radical (unpaired) electrons. The zero-order valence-corrected chi connectivity index (χ0v) is 16.7. The summed E-state index contributed by atoms with van der Waals surface area (Å²) in [5, 5.41) is 3.21. The second-order valence-electron chi connectivity index (χ2n) is 9.54. The Morgan fingerprint density at radius 1 is 1.18 bits per heavy atom. The molecule has 2 aliphatic heterocycles. The van der Waals surface area contributed by atoms with Gasteiger partial charge in [0.1, 0.15) is 5.75 Å². The Balaban J connectivity index is 1.41. The maximum absolute atomic E-state index is 13.4. The van der Waals surface area contributed by atoms with Crippen LogP contribution in [0.25, 0.3) is 0 Å². The molecule has 1 N–H and O–H groups in total. The first-order valence-corrected chi connectivity index (χ1v) is 10.9. The van der Waals surface area contributed by atoms with Crippen molar-refractivity contribution in [3.8, 4) is 5.75 Å². The highest BCUT2D eigenvalue weighted by molar-refractivity contribution is 5.98. The van der Waals surface area contributed by atoms with Crippen LogP contribution < -0.4 is 10.1 Å². The van der Waals surface area contributed by atoms with Crippen LogP contribution in [0.2, 0.25) is 0 Å². The van der Waals surface area contributed by atoms with Crippen LogP contribution in [-0.2, 0) is 4.79 Å². The molecule has 3 saturated carbocycles. The van der Waals surface area contributed by atoms with E-state index in [1.165, 1.54) is 12.8 Å². The van der Waals surface area contributed by atoms with Crippen molar-refractivity contribution in [2.75, 3.05) is 13.1 Å². The van der Waals surface area contributed by atoms with Gasteiger partial charge in [0.15, 0.2) is 5.72 Å². The Kier molecular flexibility index (Phi) is 4.18. The number of hydrogen-bond acceptors (Lipinski definition) is 3. The van der Waals surface area contributed by atoms with Gasteiger partial charge in [0.25, 0.3) is 5.91 Å². The summed E-state index contributed by atoms with van der Waals surface area (Å²) in [6.07, 6.45) is 8.28. The summed E-state index contributed by atoms with van der Waals surface area (Å²) in [7, 11) is 0. The lowest BCUT2D eigenvalue weighted by atomic mass is 9.52. The third kappa shape index (κ3) is 2.73. The number of hydrogen-bond donors (Lipinski definition) is 1. The van der Waals surface area contributed by atoms with Gasteiger partial charge in [-0.25, -0.2) is 0 Å². The highest BCUT2D eigenvalue weighted by Gasteiger charge is 2.62. The monoisotopic (exact) mass is 382 g/mol. The lowest BCUT2D eigenvalue weighted by molar-refractivity contribution is -0.174. The maximum Gasteiger partial charge on any atom is 0.258 e. The Morgan fingerprint density at radius 3 is 2.68 bits per heavy atom. The number of likely N-dealkylation sites (tertiary alicyclic amines) is 1. The lowest BCUT2D eigenvalue weighted by Crippen LogP contribution is -2.69. The molecule has 5 heteroatoms. The average molecular weight is 383 g/mol. The Bertz CT molecular complexity index is 801. The van der Waals surface area contributed by atoms with E-state index < -0.39 is 5.72 Å². The molecule has 1 saturated heterocycles. The number of fused-ring (bicyclic) bond motifs is 3. The van der Waals surface area contributed by atoms with Crippen molar-refractivity contribution < 1.29 is 14.3 Å². The van der Waals surface area contributed by atoms with Crippen LogP contribution in [0.5, 0.6) is 5.75 Å². The minimum Gasteiger partial charge on any atom is -0.467 e. The van der Waals surface area contributed by atoms with Crippen LogP contribution in [-0.4, -0.2) is 35.5 Å². The summed E-state index contributed by atoms with van der Waals surface area (Å²) in [6, 6.07) is 7.48. The number of amides is 2. The molecule has 2 heterocycles. The molecule has 1 spiro atoms. The van der Waals surface area contributed by atoms with Crippen molar-refractivity contribution in [2.24, 2.45) is 17.3 Å². The molecular weight excluding hydrogens is 352 g/mol. The van der Waals surface area contributed by atoms with Gasteiger partial charge < -0.3 is 15.0 Å². The number of nitrogens with one attached hydrogen (secondary N) is 1. The van der Waals surface area contributed by atoms with Gasteiger partial charge in [-0.15, -0.1) is 0 Å². The van der Waals surface area contributed by atoms with E-state index >= 15 is 0 Å². The van der Waals surface area contributed by atoms with Crippen molar-refractivity contribution in [1.82, 2.24) is 10.2 Å². The van der Waals surface area contributed by atoms with Crippen LogP contribution in [0.15, 0.2) is 24.3 Å². The van der Waals surface area contributed by atoms with E-state index in [1.807, 2.05) is 24.3 Å². The van der Waals surface area contributed by atoms with Crippen LogP contribution >= 0.6 is 0 Å². The maximum atomic E-state index is 13.4. The van der Waals surface area contributed by atoms with Crippen molar-refractivity contribution in [2.45, 2.75) is 64.0 Å². The van der Waals surface area contributed by atoms with Gasteiger partial charge in [0.05, 0.1) is 5.56 Å². The quantitative estimate of drug-likeness (QED) is 0.805. The Labute approximate surface area is 166 Å². The number of carbonyl (C=O) groups is 2. The average Bonchev–Trinajstić information content (AvgIpc) is 2.96. The standard InChI is InChI=1S/C23H30N2O3/c1-22-11-10-16(14-18(22)21(27)25-12-6-2-3-7-13-25)23(15-22)24-20(26)17-8-4-5-9-19(17)28-23/h4-5,8-9,16,18H,2-3,6-7,10-15H2,1H3,(H,24,26)/t16-,18-,22-,23+/m0/s1. The number of carbonyl (C=O) groups excluding carboxylic acids is 2. The summed E-state index contributed by atoms with van der Waals surface area (Å²) in [6.45, 7) is 4.05. The van der Waals surface area contributed by atoms with E-state index in [0.717, 1.165) is 51.6 Å². The largest absolute Gasteiger partial charge is 0.467 e. The first kappa shape index (κ1) is 18.0. The fraction of sp³-hybridized carbons (Fsp3) is 0.652. The number of ether oxygens (including phenoxy) is 1. The normalized spacial score (nSPS) is 37.0. The van der Waals surface area contributed by atoms with Gasteiger partial charge >= 0.3 is 0 Å². The molecule has 3 aliphatic carbocycles. The SMILES string of the molecule is C[C@@]12CC[C@@H](C[C@H]1C(=O)N1CCCCCC1)[C@]1(C2)NC(=O)c2ccccc2O1. The Hall–Kier alpha value is -2.04. The van der Waals surface area contributed by atoms with Crippen molar-refractivity contribution in [1.29, 1.82) is 0 Å². The highest BCUT2D eigenvalue weighted by Crippen LogP contribution is 2.59. The first-order valence-electron chi connectivity index (χ1n) is 10.9. The van der Waals surface area contributed by atoms with Gasteiger partial charge in [-0.1, -0.05) is 31.9 Å². The van der Waals surface area contributed by atoms with E-state index in [4.69, 9.17) is 4.74 Å². The number of para-hydroxylation sites is 1. The highest BCUT2D eigenvalue weighted by atomic mass is 16.5. The van der Waals surface area contributed by atoms with Crippen molar-refractivity contribution in [3.63, 3.8) is 0 Å². The van der Waals surface area contributed by atoms with Gasteiger partial charge in [-0.05, 0) is 49.7 Å². The van der Waals surface area contributed by atoms with Crippen molar-refractivity contribution in [3.05, 3.63) is 29.8 Å². The molecule has 1 aromatic rings. The minimum atomic E-state index is -0.659. The number of rotatable bonds is 1. The van der Waals surface area contributed by atoms with E-state index in [1.54, 1.807) is 0 Å². The summed E-state index contributed by atoms with van der Waals surface area (Å²) in [5.74, 6) is 1.21. The molecule has 28 heavy (non-hydrogen) atoms. The molecule has 2 amide bonds. The molecule has 1 aromatic carbocycles. The van der Waals surface area contributed by atoms with Crippen LogP contribution in [0, 0.1) is 17.3 Å². The molecule has 0 aromatic heterocycles. The molecule has 5 aliphatic rings. The van der Waals surface area contributed by atoms with Gasteiger partial charge in [0, 0.05) is 31.3 Å². The topological polar surface area (TPSA) is 58.6 Å². The smallest absolute Gasteiger partial charge is 0.258 e. The zero-order valence-electron chi connectivity index (χ0n) is 16.7. The predicted octanol–water partition coefficient (Wildman–Crippen LogP) is 3.73. The Morgan fingerprint density at radius 2 is 1.93 bits per heavy atom. The molecule has 6 rings (SSSR count). The van der Waals surface area contributed by atoms with Gasteiger partial charge in [0.2, 0.25) is 5.91 Å². The fourth-order valence-electron chi connectivity index (χ4n) is 6.14. The van der Waals surface area contributed by atoms with E-state index in [-0.39, 0.29) is 23.2 Å². The first-order chi connectivity index (χ1) is 13.5. The number of benzene rings is 1. The van der Waals surface area contributed by atoms with Crippen LogP contribution in [0.4, 0.5) is 0 Å². The van der Waals surface area contributed by atoms with Crippen LogP contribution in [0.3, 0.4) is 0 Å². The van der Waals surface area contributed by atoms with Crippen LogP contribution in [0.1, 0.15) is 68.6 Å². The molecular formula is C23H30N2O3. The predicted molar refractivity (Wildman–Crippen MR) is 106 cm³/mol. The molecule has 5 nitrogen and oxygen atoms in total. The lowest BCUT2D eigenvalue weighted by Gasteiger charge is -2.60. The summed E-state index contributed by atoms with van der Waals surface area (Å²) in [4.78, 5) is 28.3. The molecule has 4 fully saturated rings. The second-order valence-corrected chi connectivity index (χ2v) is 9.54. The second kappa shape index (κ2) is 6.50. The number of nitrogens with zero attached hydrogens (tertiary/aromatic N) is 1. The third-order valence-electron chi connectivity index (χ3n) is 7.72. The molecule has 2 bridgehead atoms. The molecule has 0 unspecified atom stereocenters.